The molecule has 6 heteroatoms. The molecule has 1 aromatic carbocycles. The second-order valence-electron chi connectivity index (χ2n) is 5.65. The first-order valence-electron chi connectivity index (χ1n) is 7.82. The van der Waals surface area contributed by atoms with E-state index in [1.54, 1.807) is 19.4 Å². The molecular formula is C17H21ClN2O3. The molecule has 5 nitrogen and oxygen atoms in total. The van der Waals surface area contributed by atoms with Crippen molar-refractivity contribution in [3.8, 4) is 11.5 Å². The van der Waals surface area contributed by atoms with Crippen LogP contribution >= 0.6 is 11.6 Å². The van der Waals surface area contributed by atoms with Crippen molar-refractivity contribution in [2.75, 3.05) is 13.7 Å². The molecule has 0 bridgehead atoms. The molecular weight excluding hydrogens is 316 g/mol. The summed E-state index contributed by atoms with van der Waals surface area (Å²) in [7, 11) is 1.61. The molecule has 1 aromatic heterocycles. The second-order valence-corrected chi connectivity index (χ2v) is 6.06. The molecule has 0 unspecified atom stereocenters. The summed E-state index contributed by atoms with van der Waals surface area (Å²) in [6.07, 6.45) is 9.10. The maximum atomic E-state index is 6.17. The standard InChI is InChI=1S/C17H21ClN2O3/c1-21-14-4-5-17(16(18)10-14)22-11-15-3-2-13(23-15)6-8-20-9-7-19-12-20/h4-5,7,9-10,12-13,15H,2-3,6,8,11H2,1H3/t13-,15+/m1/s1. The smallest absolute Gasteiger partial charge is 0.138 e. The Balaban J connectivity index is 1.43. The third kappa shape index (κ3) is 4.39. The molecule has 2 atom stereocenters. The van der Waals surface area contributed by atoms with Crippen LogP contribution in [0.15, 0.2) is 36.9 Å². The predicted octanol–water partition coefficient (Wildman–Crippen LogP) is 3.56. The highest BCUT2D eigenvalue weighted by Gasteiger charge is 2.25. The fourth-order valence-electron chi connectivity index (χ4n) is 2.74. The summed E-state index contributed by atoms with van der Waals surface area (Å²) in [4.78, 5) is 4.05. The molecule has 1 saturated heterocycles. The zero-order valence-electron chi connectivity index (χ0n) is 13.2. The van der Waals surface area contributed by atoms with Gasteiger partial charge >= 0.3 is 0 Å². The number of ether oxygens (including phenoxy) is 3. The summed E-state index contributed by atoms with van der Waals surface area (Å²) in [6, 6.07) is 5.41. The monoisotopic (exact) mass is 336 g/mol. The molecule has 0 spiro atoms. The van der Waals surface area contributed by atoms with E-state index in [4.69, 9.17) is 25.8 Å². The third-order valence-corrected chi connectivity index (χ3v) is 4.32. The highest BCUT2D eigenvalue weighted by atomic mass is 35.5. The van der Waals surface area contributed by atoms with Gasteiger partial charge in [0.15, 0.2) is 0 Å². The maximum Gasteiger partial charge on any atom is 0.138 e. The Morgan fingerprint density at radius 3 is 2.96 bits per heavy atom. The van der Waals surface area contributed by atoms with Gasteiger partial charge in [-0.15, -0.1) is 0 Å². The van der Waals surface area contributed by atoms with Crippen molar-refractivity contribution in [2.24, 2.45) is 0 Å². The molecule has 0 N–H and O–H groups in total. The molecule has 0 radical (unpaired) electrons. The van der Waals surface area contributed by atoms with Crippen LogP contribution in [0.1, 0.15) is 19.3 Å². The van der Waals surface area contributed by atoms with Gasteiger partial charge in [-0.25, -0.2) is 4.98 Å². The number of aryl methyl sites for hydroxylation is 1. The molecule has 0 saturated carbocycles. The van der Waals surface area contributed by atoms with Gasteiger partial charge in [-0.2, -0.15) is 0 Å². The minimum Gasteiger partial charge on any atom is -0.497 e. The minimum absolute atomic E-state index is 0.126. The van der Waals surface area contributed by atoms with Crippen molar-refractivity contribution in [1.29, 1.82) is 0 Å². The number of benzene rings is 1. The van der Waals surface area contributed by atoms with Gasteiger partial charge in [0.1, 0.15) is 18.1 Å². The van der Waals surface area contributed by atoms with Gasteiger partial charge in [0.25, 0.3) is 0 Å². The van der Waals surface area contributed by atoms with Crippen LogP contribution in [0, 0.1) is 0 Å². The lowest BCUT2D eigenvalue weighted by molar-refractivity contribution is 0.0128. The Morgan fingerprint density at radius 1 is 1.35 bits per heavy atom. The molecule has 3 rings (SSSR count). The molecule has 2 heterocycles. The number of aromatic nitrogens is 2. The van der Waals surface area contributed by atoms with Gasteiger partial charge in [-0.3, -0.25) is 0 Å². The lowest BCUT2D eigenvalue weighted by Crippen LogP contribution is -2.19. The topological polar surface area (TPSA) is 45.5 Å². The number of nitrogens with zero attached hydrogens (tertiary/aromatic N) is 2. The molecule has 23 heavy (non-hydrogen) atoms. The zero-order chi connectivity index (χ0) is 16.1. The van der Waals surface area contributed by atoms with Gasteiger partial charge < -0.3 is 18.8 Å². The summed E-state index contributed by atoms with van der Waals surface area (Å²) in [5.41, 5.74) is 0. The number of hydrogen-bond acceptors (Lipinski definition) is 4. The van der Waals surface area contributed by atoms with Gasteiger partial charge in [0, 0.05) is 25.0 Å². The second kappa shape index (κ2) is 7.70. The first-order chi connectivity index (χ1) is 11.2. The molecule has 124 valence electrons. The Labute approximate surface area is 141 Å². The molecule has 1 fully saturated rings. The first kappa shape index (κ1) is 16.1. The zero-order valence-corrected chi connectivity index (χ0v) is 13.9. The van der Waals surface area contributed by atoms with E-state index in [0.717, 1.165) is 31.6 Å². The van der Waals surface area contributed by atoms with E-state index in [2.05, 4.69) is 9.55 Å². The molecule has 1 aliphatic heterocycles. The summed E-state index contributed by atoms with van der Waals surface area (Å²) >= 11 is 6.17. The summed E-state index contributed by atoms with van der Waals surface area (Å²) < 4.78 is 19.0. The van der Waals surface area contributed by atoms with Crippen molar-refractivity contribution < 1.29 is 14.2 Å². The van der Waals surface area contributed by atoms with Crippen LogP contribution in [0.25, 0.3) is 0 Å². The average molecular weight is 337 g/mol. The van der Waals surface area contributed by atoms with Gasteiger partial charge in [0.2, 0.25) is 0 Å². The SMILES string of the molecule is COc1ccc(OC[C@@H]2CC[C@H](CCn3ccnc3)O2)c(Cl)c1. The average Bonchev–Trinajstić information content (AvgIpc) is 3.23. The summed E-state index contributed by atoms with van der Waals surface area (Å²) in [5.74, 6) is 1.39. The highest BCUT2D eigenvalue weighted by molar-refractivity contribution is 6.32. The Kier molecular flexibility index (Phi) is 5.41. The van der Waals surface area contributed by atoms with E-state index in [1.807, 2.05) is 24.7 Å². The normalized spacial score (nSPS) is 20.6. The van der Waals surface area contributed by atoms with E-state index in [0.29, 0.717) is 17.4 Å². The molecule has 0 amide bonds. The van der Waals surface area contributed by atoms with Crippen LogP contribution in [0.3, 0.4) is 0 Å². The summed E-state index contributed by atoms with van der Waals surface area (Å²) in [6.45, 7) is 1.45. The fraction of sp³-hybridized carbons (Fsp3) is 0.471. The number of imidazole rings is 1. The van der Waals surface area contributed by atoms with Crippen LogP contribution < -0.4 is 9.47 Å². The van der Waals surface area contributed by atoms with Crippen LogP contribution in [0.5, 0.6) is 11.5 Å². The third-order valence-electron chi connectivity index (χ3n) is 4.03. The van der Waals surface area contributed by atoms with Crippen LogP contribution in [-0.2, 0) is 11.3 Å². The lowest BCUT2D eigenvalue weighted by atomic mass is 10.1. The van der Waals surface area contributed by atoms with Crippen molar-refractivity contribution in [3.63, 3.8) is 0 Å². The largest absolute Gasteiger partial charge is 0.497 e. The Bertz CT molecular complexity index is 618. The minimum atomic E-state index is 0.126. The lowest BCUT2D eigenvalue weighted by Gasteiger charge is -2.15. The van der Waals surface area contributed by atoms with E-state index < -0.39 is 0 Å². The maximum absolute atomic E-state index is 6.17. The molecule has 0 aliphatic carbocycles. The number of halogens is 1. The van der Waals surface area contributed by atoms with Crippen LogP contribution in [-0.4, -0.2) is 35.5 Å². The van der Waals surface area contributed by atoms with Gasteiger partial charge in [-0.05, 0) is 31.4 Å². The molecule has 1 aliphatic rings. The van der Waals surface area contributed by atoms with E-state index >= 15 is 0 Å². The Hall–Kier alpha value is -1.72. The van der Waals surface area contributed by atoms with E-state index in [1.165, 1.54) is 0 Å². The fourth-order valence-corrected chi connectivity index (χ4v) is 2.96. The van der Waals surface area contributed by atoms with Crippen molar-refractivity contribution >= 4 is 11.6 Å². The Morgan fingerprint density at radius 2 is 2.22 bits per heavy atom. The quantitative estimate of drug-likeness (QED) is 0.775. The molecule has 2 aromatic rings. The van der Waals surface area contributed by atoms with Gasteiger partial charge in [-0.1, -0.05) is 11.6 Å². The van der Waals surface area contributed by atoms with Crippen LogP contribution in [0.4, 0.5) is 0 Å². The number of methoxy groups -OCH3 is 1. The number of rotatable bonds is 7. The van der Waals surface area contributed by atoms with Crippen molar-refractivity contribution in [2.45, 2.75) is 38.0 Å². The van der Waals surface area contributed by atoms with Crippen LogP contribution in [0.2, 0.25) is 5.02 Å². The van der Waals surface area contributed by atoms with Crippen molar-refractivity contribution in [1.82, 2.24) is 9.55 Å². The van der Waals surface area contributed by atoms with E-state index in [9.17, 15) is 0 Å². The summed E-state index contributed by atoms with van der Waals surface area (Å²) in [5, 5.41) is 0.555. The van der Waals surface area contributed by atoms with E-state index in [-0.39, 0.29) is 12.2 Å². The predicted molar refractivity (Wildman–Crippen MR) is 88.2 cm³/mol. The number of hydrogen-bond donors (Lipinski definition) is 0. The van der Waals surface area contributed by atoms with Crippen molar-refractivity contribution in [3.05, 3.63) is 41.9 Å². The first-order valence-corrected chi connectivity index (χ1v) is 8.20. The highest BCUT2D eigenvalue weighted by Crippen LogP contribution is 2.30. The van der Waals surface area contributed by atoms with Gasteiger partial charge in [0.05, 0.1) is 30.7 Å².